The van der Waals surface area contributed by atoms with Crippen LogP contribution in [0.25, 0.3) is 0 Å². The van der Waals surface area contributed by atoms with Gasteiger partial charge in [0, 0.05) is 44.1 Å². The van der Waals surface area contributed by atoms with E-state index in [-0.39, 0.29) is 35.5 Å². The van der Waals surface area contributed by atoms with Gasteiger partial charge in [-0.15, -0.1) is 0 Å². The number of nitrogens with one attached hydrogen (secondary N) is 1. The number of fused-ring (bicyclic) bond motifs is 3. The predicted molar refractivity (Wildman–Crippen MR) is 117 cm³/mol. The van der Waals surface area contributed by atoms with Gasteiger partial charge in [0.1, 0.15) is 11.6 Å². The van der Waals surface area contributed by atoms with Gasteiger partial charge in [0.05, 0.1) is 29.6 Å². The van der Waals surface area contributed by atoms with E-state index in [4.69, 9.17) is 9.40 Å². The quantitative estimate of drug-likeness (QED) is 0.769. The third kappa shape index (κ3) is 3.22. The Morgan fingerprint density at radius 2 is 1.97 bits per heavy atom. The molecule has 1 N–H and O–H groups in total. The lowest BCUT2D eigenvalue weighted by atomic mass is 9.85. The fraction of sp³-hybridized carbons (Fsp3) is 0.565. The van der Waals surface area contributed by atoms with E-state index in [1.165, 1.54) is 6.26 Å². The summed E-state index contributed by atoms with van der Waals surface area (Å²) in [6, 6.07) is 1.70. The second-order valence-corrected chi connectivity index (χ2v) is 9.49. The predicted octanol–water partition coefficient (Wildman–Crippen LogP) is 1.81. The maximum absolute atomic E-state index is 13.4. The van der Waals surface area contributed by atoms with Gasteiger partial charge < -0.3 is 19.5 Å². The average molecular weight is 440 g/mol. The van der Waals surface area contributed by atoms with E-state index in [9.17, 15) is 14.4 Å². The molecule has 1 fully saturated rings. The Morgan fingerprint density at radius 3 is 2.69 bits per heavy atom. The van der Waals surface area contributed by atoms with Gasteiger partial charge in [-0.2, -0.15) is 0 Å². The third-order valence-electron chi connectivity index (χ3n) is 7.03. The van der Waals surface area contributed by atoms with Crippen LogP contribution in [-0.4, -0.2) is 57.0 Å². The summed E-state index contributed by atoms with van der Waals surface area (Å²) in [6.07, 6.45) is 3.68. The molecule has 9 nitrogen and oxygen atoms in total. The highest BCUT2D eigenvalue weighted by Crippen LogP contribution is 2.41. The van der Waals surface area contributed by atoms with Crippen molar-refractivity contribution in [3.8, 4) is 0 Å². The Balaban J connectivity index is 1.41. The summed E-state index contributed by atoms with van der Waals surface area (Å²) < 4.78 is 7.05. The number of aryl methyl sites for hydroxylation is 1. The van der Waals surface area contributed by atoms with Crippen molar-refractivity contribution in [1.82, 2.24) is 24.7 Å². The van der Waals surface area contributed by atoms with Crippen molar-refractivity contribution in [2.75, 3.05) is 19.6 Å². The van der Waals surface area contributed by atoms with Crippen molar-refractivity contribution in [1.29, 1.82) is 0 Å². The number of likely N-dealkylation sites (tertiary alicyclic amines) is 1. The van der Waals surface area contributed by atoms with Gasteiger partial charge in [0.25, 0.3) is 11.5 Å². The van der Waals surface area contributed by atoms with Crippen LogP contribution >= 0.6 is 0 Å². The molecule has 3 amide bonds. The van der Waals surface area contributed by atoms with E-state index in [1.54, 1.807) is 22.5 Å². The molecular weight excluding hydrogens is 410 g/mol. The molecule has 32 heavy (non-hydrogen) atoms. The normalized spacial score (nSPS) is 21.9. The molecule has 1 saturated heterocycles. The molecule has 2 aromatic rings. The van der Waals surface area contributed by atoms with Crippen molar-refractivity contribution in [2.45, 2.75) is 64.6 Å². The first-order valence-electron chi connectivity index (χ1n) is 11.3. The second kappa shape index (κ2) is 7.50. The molecule has 0 saturated carbocycles. The number of hydrogen-bond acceptors (Lipinski definition) is 5. The van der Waals surface area contributed by atoms with Crippen LogP contribution < -0.4 is 10.9 Å². The molecule has 3 aliphatic rings. The molecule has 0 radical (unpaired) electrons. The van der Waals surface area contributed by atoms with E-state index in [2.05, 4.69) is 5.32 Å². The van der Waals surface area contributed by atoms with Gasteiger partial charge in [-0.1, -0.05) is 0 Å². The van der Waals surface area contributed by atoms with Crippen LogP contribution in [0.5, 0.6) is 0 Å². The number of nitrogens with zero attached hydrogens (tertiary/aromatic N) is 4. The van der Waals surface area contributed by atoms with Gasteiger partial charge in [-0.05, 0) is 39.7 Å². The zero-order valence-electron chi connectivity index (χ0n) is 18.8. The summed E-state index contributed by atoms with van der Waals surface area (Å²) >= 11 is 0. The van der Waals surface area contributed by atoms with E-state index < -0.39 is 0 Å². The lowest BCUT2D eigenvalue weighted by Crippen LogP contribution is -2.44. The topological polar surface area (TPSA) is 101 Å². The number of carbonyl (C=O) groups excluding carboxylic acids is 2. The number of aromatic nitrogens is 2. The van der Waals surface area contributed by atoms with Gasteiger partial charge in [-0.3, -0.25) is 14.2 Å². The first kappa shape index (κ1) is 20.8. The summed E-state index contributed by atoms with van der Waals surface area (Å²) in [5, 5.41) is 2.96. The van der Waals surface area contributed by atoms with Crippen LogP contribution in [0, 0.1) is 6.92 Å². The zero-order chi connectivity index (χ0) is 22.6. The Hall–Kier alpha value is -3.10. The monoisotopic (exact) mass is 439 g/mol. The molecule has 0 aliphatic carbocycles. The fourth-order valence-corrected chi connectivity index (χ4v) is 5.29. The fourth-order valence-electron chi connectivity index (χ4n) is 5.29. The van der Waals surface area contributed by atoms with Crippen molar-refractivity contribution in [3.63, 3.8) is 0 Å². The van der Waals surface area contributed by atoms with Gasteiger partial charge >= 0.3 is 6.03 Å². The molecule has 0 unspecified atom stereocenters. The number of rotatable bonds is 2. The van der Waals surface area contributed by atoms with Gasteiger partial charge in [-0.25, -0.2) is 9.78 Å². The van der Waals surface area contributed by atoms with E-state index in [0.29, 0.717) is 49.5 Å². The first-order chi connectivity index (χ1) is 15.3. The Morgan fingerprint density at radius 1 is 1.19 bits per heavy atom. The Bertz CT molecular complexity index is 1150. The molecule has 5 rings (SSSR count). The summed E-state index contributed by atoms with van der Waals surface area (Å²) in [5.74, 6) is 1.27. The Labute approximate surface area is 186 Å². The van der Waals surface area contributed by atoms with Crippen molar-refractivity contribution in [2.24, 2.45) is 0 Å². The minimum Gasteiger partial charge on any atom is -0.469 e. The second-order valence-electron chi connectivity index (χ2n) is 9.49. The highest BCUT2D eigenvalue weighted by molar-refractivity contribution is 5.95. The lowest BCUT2D eigenvalue weighted by molar-refractivity contribution is 0.0730. The molecule has 170 valence electrons. The summed E-state index contributed by atoms with van der Waals surface area (Å²) in [4.78, 5) is 47.3. The third-order valence-corrected chi connectivity index (χ3v) is 7.03. The summed E-state index contributed by atoms with van der Waals surface area (Å²) in [5.41, 5.74) is 1.63. The van der Waals surface area contributed by atoms with Crippen molar-refractivity contribution in [3.05, 3.63) is 51.1 Å². The smallest absolute Gasteiger partial charge is 0.317 e. The molecule has 1 atom stereocenters. The zero-order valence-corrected chi connectivity index (χ0v) is 18.8. The molecule has 2 aromatic heterocycles. The van der Waals surface area contributed by atoms with Crippen LogP contribution in [0.3, 0.4) is 0 Å². The molecule has 0 aromatic carbocycles. The Kier molecular flexibility index (Phi) is 4.87. The van der Waals surface area contributed by atoms with E-state index in [1.807, 2.05) is 18.7 Å². The standard InChI is InChI=1S/C23H29N5O4/c1-14(2)24-22(31)27-9-6-23(13-27)7-10-28-20(30)17-12-26(8-4-18(17)25-21(23)28)19(29)16-5-11-32-15(16)3/h5,11,14H,4,6-10,12-13H2,1-3H3,(H,24,31)/t23-/m0/s1. The van der Waals surface area contributed by atoms with Crippen LogP contribution in [0.4, 0.5) is 4.79 Å². The van der Waals surface area contributed by atoms with E-state index in [0.717, 1.165) is 24.4 Å². The molecular formula is C23H29N5O4. The van der Waals surface area contributed by atoms with Crippen LogP contribution in [0.15, 0.2) is 21.5 Å². The SMILES string of the molecule is Cc1occc1C(=O)N1CCc2nc3n(c(=O)c2C1)CC[C@]31CCN(C(=O)NC(C)C)C1. The van der Waals surface area contributed by atoms with Crippen molar-refractivity contribution < 1.29 is 14.0 Å². The lowest BCUT2D eigenvalue weighted by Gasteiger charge is -2.30. The maximum Gasteiger partial charge on any atom is 0.317 e. The van der Waals surface area contributed by atoms with E-state index >= 15 is 0 Å². The number of urea groups is 1. The summed E-state index contributed by atoms with van der Waals surface area (Å²) in [6.45, 7) is 8.29. The number of furan rings is 1. The minimum absolute atomic E-state index is 0.0478. The molecule has 5 heterocycles. The maximum atomic E-state index is 13.4. The highest BCUT2D eigenvalue weighted by Gasteiger charge is 2.48. The largest absolute Gasteiger partial charge is 0.469 e. The number of amides is 3. The highest BCUT2D eigenvalue weighted by atomic mass is 16.3. The van der Waals surface area contributed by atoms with Crippen LogP contribution in [0.2, 0.25) is 0 Å². The van der Waals surface area contributed by atoms with Crippen molar-refractivity contribution >= 4 is 11.9 Å². The molecule has 3 aliphatic heterocycles. The molecule has 0 bridgehead atoms. The number of hydrogen-bond donors (Lipinski definition) is 1. The minimum atomic E-state index is -0.261. The van der Waals surface area contributed by atoms with Crippen LogP contribution in [-0.2, 0) is 24.9 Å². The van der Waals surface area contributed by atoms with Crippen LogP contribution in [0.1, 0.15) is 59.9 Å². The molecule has 1 spiro atoms. The van der Waals surface area contributed by atoms with Gasteiger partial charge in [0.15, 0.2) is 0 Å². The van der Waals surface area contributed by atoms with Gasteiger partial charge in [0.2, 0.25) is 0 Å². The molecule has 9 heteroatoms. The summed E-state index contributed by atoms with van der Waals surface area (Å²) in [7, 11) is 0. The first-order valence-corrected chi connectivity index (χ1v) is 11.3. The average Bonchev–Trinajstić information content (AvgIpc) is 3.47. The number of carbonyl (C=O) groups is 2.